The van der Waals surface area contributed by atoms with E-state index in [-0.39, 0.29) is 35.4 Å². The molecule has 142 valence electrons. The smallest absolute Gasteiger partial charge is 0.417 e. The van der Waals surface area contributed by atoms with Crippen molar-refractivity contribution >= 4 is 28.5 Å². The predicted molar refractivity (Wildman–Crippen MR) is 91.4 cm³/mol. The normalized spacial score (nSPS) is 20.3. The van der Waals surface area contributed by atoms with Gasteiger partial charge in [0.1, 0.15) is 5.60 Å². The van der Waals surface area contributed by atoms with Gasteiger partial charge in [-0.05, 0) is 30.5 Å². The van der Waals surface area contributed by atoms with E-state index in [1.54, 1.807) is 0 Å². The molecule has 1 aromatic heterocycles. The lowest BCUT2D eigenvalue weighted by molar-refractivity contribution is -0.149. The SMILES string of the molecule is CCCCC1(CC(=O)O)OCCc2c1[nH]c1c(Cl)ccc(C(F)(F)F)c21. The number of ether oxygens (including phenoxy) is 1. The van der Waals surface area contributed by atoms with Gasteiger partial charge < -0.3 is 14.8 Å². The fourth-order valence-electron chi connectivity index (χ4n) is 3.77. The van der Waals surface area contributed by atoms with Crippen molar-refractivity contribution in [3.05, 3.63) is 34.0 Å². The molecule has 1 atom stereocenters. The van der Waals surface area contributed by atoms with Crippen molar-refractivity contribution in [2.45, 2.75) is 50.8 Å². The van der Waals surface area contributed by atoms with Gasteiger partial charge >= 0.3 is 12.1 Å². The molecule has 0 bridgehead atoms. The summed E-state index contributed by atoms with van der Waals surface area (Å²) in [6.07, 6.45) is -2.65. The van der Waals surface area contributed by atoms with E-state index < -0.39 is 23.3 Å². The number of carboxylic acid groups (broad SMARTS) is 1. The number of aromatic amines is 1. The zero-order chi connectivity index (χ0) is 19.1. The van der Waals surface area contributed by atoms with Gasteiger partial charge in [0.25, 0.3) is 0 Å². The van der Waals surface area contributed by atoms with Crippen LogP contribution in [-0.2, 0) is 27.7 Å². The Morgan fingerprint density at radius 1 is 1.42 bits per heavy atom. The van der Waals surface area contributed by atoms with E-state index in [1.165, 1.54) is 6.07 Å². The molecule has 0 saturated heterocycles. The van der Waals surface area contributed by atoms with Crippen LogP contribution in [0.5, 0.6) is 0 Å². The maximum absolute atomic E-state index is 13.5. The summed E-state index contributed by atoms with van der Waals surface area (Å²) < 4.78 is 46.4. The summed E-state index contributed by atoms with van der Waals surface area (Å²) in [7, 11) is 0. The number of carbonyl (C=O) groups is 1. The average Bonchev–Trinajstić information content (AvgIpc) is 2.94. The van der Waals surface area contributed by atoms with Crippen molar-refractivity contribution in [3.63, 3.8) is 0 Å². The summed E-state index contributed by atoms with van der Waals surface area (Å²) in [5.41, 5.74) is -0.883. The molecule has 8 heteroatoms. The number of benzene rings is 1. The first-order valence-corrected chi connectivity index (χ1v) is 8.84. The van der Waals surface area contributed by atoms with Crippen LogP contribution in [0.2, 0.25) is 5.02 Å². The summed E-state index contributed by atoms with van der Waals surface area (Å²) in [4.78, 5) is 14.4. The van der Waals surface area contributed by atoms with E-state index in [9.17, 15) is 23.1 Å². The minimum Gasteiger partial charge on any atom is -0.481 e. The highest BCUT2D eigenvalue weighted by Crippen LogP contribution is 2.47. The number of nitrogens with one attached hydrogen (secondary N) is 1. The van der Waals surface area contributed by atoms with E-state index in [1.807, 2.05) is 6.92 Å². The van der Waals surface area contributed by atoms with E-state index in [2.05, 4.69) is 4.98 Å². The number of H-pyrrole nitrogens is 1. The molecule has 26 heavy (non-hydrogen) atoms. The Labute approximate surface area is 153 Å². The van der Waals surface area contributed by atoms with Crippen LogP contribution in [0.3, 0.4) is 0 Å². The molecule has 1 aliphatic heterocycles. The van der Waals surface area contributed by atoms with Crippen molar-refractivity contribution in [3.8, 4) is 0 Å². The topological polar surface area (TPSA) is 62.3 Å². The molecule has 2 aromatic rings. The van der Waals surface area contributed by atoms with Crippen LogP contribution in [0, 0.1) is 0 Å². The second kappa shape index (κ2) is 6.78. The molecule has 0 aliphatic carbocycles. The molecule has 0 amide bonds. The van der Waals surface area contributed by atoms with Crippen LogP contribution in [0.4, 0.5) is 13.2 Å². The van der Waals surface area contributed by atoms with Crippen LogP contribution in [-0.4, -0.2) is 22.7 Å². The van der Waals surface area contributed by atoms with Gasteiger partial charge in [0.2, 0.25) is 0 Å². The number of alkyl halides is 3. The van der Waals surface area contributed by atoms with Crippen molar-refractivity contribution < 1.29 is 27.8 Å². The third-order valence-corrected chi connectivity index (χ3v) is 5.19. The summed E-state index contributed by atoms with van der Waals surface area (Å²) in [6.45, 7) is 2.13. The molecule has 4 nitrogen and oxygen atoms in total. The van der Waals surface area contributed by atoms with Gasteiger partial charge in [-0.1, -0.05) is 31.4 Å². The molecule has 0 fully saturated rings. The van der Waals surface area contributed by atoms with Gasteiger partial charge in [0.05, 0.1) is 34.8 Å². The number of aromatic nitrogens is 1. The second-order valence-electron chi connectivity index (χ2n) is 6.59. The third-order valence-electron chi connectivity index (χ3n) is 4.87. The molecule has 1 aromatic carbocycles. The van der Waals surface area contributed by atoms with Crippen LogP contribution in [0.1, 0.15) is 49.4 Å². The van der Waals surface area contributed by atoms with Crippen molar-refractivity contribution in [2.75, 3.05) is 6.61 Å². The van der Waals surface area contributed by atoms with Gasteiger partial charge in [0.15, 0.2) is 0 Å². The number of hydrogen-bond donors (Lipinski definition) is 2. The highest BCUT2D eigenvalue weighted by molar-refractivity contribution is 6.35. The maximum Gasteiger partial charge on any atom is 0.417 e. The monoisotopic (exact) mass is 389 g/mol. The van der Waals surface area contributed by atoms with Gasteiger partial charge in [-0.2, -0.15) is 13.2 Å². The van der Waals surface area contributed by atoms with E-state index in [0.29, 0.717) is 24.1 Å². The van der Waals surface area contributed by atoms with Crippen LogP contribution < -0.4 is 0 Å². The van der Waals surface area contributed by atoms with Gasteiger partial charge in [-0.25, -0.2) is 0 Å². The highest BCUT2D eigenvalue weighted by atomic mass is 35.5. The Hall–Kier alpha value is -1.73. The Morgan fingerprint density at radius 2 is 2.15 bits per heavy atom. The summed E-state index contributed by atoms with van der Waals surface area (Å²) in [5.74, 6) is -1.06. The quantitative estimate of drug-likeness (QED) is 0.732. The van der Waals surface area contributed by atoms with Crippen molar-refractivity contribution in [2.24, 2.45) is 0 Å². The van der Waals surface area contributed by atoms with E-state index in [0.717, 1.165) is 12.5 Å². The molecule has 2 heterocycles. The summed E-state index contributed by atoms with van der Waals surface area (Å²) in [6, 6.07) is 2.18. The lowest BCUT2D eigenvalue weighted by atomic mass is 9.84. The zero-order valence-electron chi connectivity index (χ0n) is 14.2. The van der Waals surface area contributed by atoms with Crippen LogP contribution in [0.15, 0.2) is 12.1 Å². The molecular formula is C18H19ClF3NO3. The Kier molecular flexibility index (Phi) is 4.96. The Balaban J connectivity index is 2.29. The third kappa shape index (κ3) is 3.18. The fourth-order valence-corrected chi connectivity index (χ4v) is 3.97. The zero-order valence-corrected chi connectivity index (χ0v) is 14.9. The first-order valence-electron chi connectivity index (χ1n) is 8.46. The molecule has 3 rings (SSSR count). The van der Waals surface area contributed by atoms with Crippen molar-refractivity contribution in [1.82, 2.24) is 4.98 Å². The molecule has 1 unspecified atom stereocenters. The first-order chi connectivity index (χ1) is 12.2. The number of fused-ring (bicyclic) bond motifs is 3. The number of unbranched alkanes of at least 4 members (excludes halogenated alkanes) is 1. The summed E-state index contributed by atoms with van der Waals surface area (Å²) in [5, 5.41) is 9.56. The second-order valence-corrected chi connectivity index (χ2v) is 7.00. The maximum atomic E-state index is 13.5. The molecular weight excluding hydrogens is 371 g/mol. The first kappa shape index (κ1) is 19.0. The van der Waals surface area contributed by atoms with Crippen LogP contribution >= 0.6 is 11.6 Å². The lowest BCUT2D eigenvalue weighted by Crippen LogP contribution is -2.38. The number of rotatable bonds is 5. The molecule has 2 N–H and O–H groups in total. The molecule has 0 saturated carbocycles. The number of hydrogen-bond acceptors (Lipinski definition) is 2. The van der Waals surface area contributed by atoms with E-state index >= 15 is 0 Å². The van der Waals surface area contributed by atoms with Crippen LogP contribution in [0.25, 0.3) is 10.9 Å². The average molecular weight is 390 g/mol. The van der Waals surface area contributed by atoms with Gasteiger partial charge in [-0.3, -0.25) is 4.79 Å². The minimum atomic E-state index is -4.53. The summed E-state index contributed by atoms with van der Waals surface area (Å²) >= 11 is 6.15. The molecule has 0 radical (unpaired) electrons. The number of carboxylic acids is 1. The molecule has 0 spiro atoms. The minimum absolute atomic E-state index is 0.0227. The van der Waals surface area contributed by atoms with Crippen molar-refractivity contribution in [1.29, 1.82) is 0 Å². The number of aliphatic carboxylic acids is 1. The highest BCUT2D eigenvalue weighted by Gasteiger charge is 2.44. The predicted octanol–water partition coefficient (Wildman–Crippen LogP) is 5.27. The fraction of sp³-hybridized carbons (Fsp3) is 0.500. The van der Waals surface area contributed by atoms with E-state index in [4.69, 9.17) is 16.3 Å². The Bertz CT molecular complexity index is 846. The molecule has 1 aliphatic rings. The van der Waals surface area contributed by atoms with Gasteiger partial charge in [0, 0.05) is 5.39 Å². The van der Waals surface area contributed by atoms with Gasteiger partial charge in [-0.15, -0.1) is 0 Å². The number of halogens is 4. The largest absolute Gasteiger partial charge is 0.481 e. The standard InChI is InChI=1S/C18H19ClF3NO3/c1-2-3-7-17(9-13(24)25)16-10(6-8-26-17)14-11(18(20,21)22)4-5-12(19)15(14)23-16/h4-5,23H,2-3,6-9H2,1H3,(H,24,25). The Morgan fingerprint density at radius 3 is 2.77 bits per heavy atom. The lowest BCUT2D eigenvalue weighted by Gasteiger charge is -2.36.